The molecule has 6 atom stereocenters. The van der Waals surface area contributed by atoms with Crippen molar-refractivity contribution < 1.29 is 68.9 Å². The molecule has 0 radical (unpaired) electrons. The largest absolute Gasteiger partial charge is 0.475 e. The maximum Gasteiger partial charge on any atom is 0.318 e. The lowest BCUT2D eigenvalue weighted by molar-refractivity contribution is 0.0569. The Morgan fingerprint density at radius 2 is 0.714 bits per heavy atom. The molecule has 0 fully saturated rings. The third kappa shape index (κ3) is 31.7. The van der Waals surface area contributed by atoms with Crippen molar-refractivity contribution in [2.45, 2.75) is 78.2 Å². The molecule has 10 aromatic rings. The number of aromatic nitrogens is 14. The number of benzene rings is 3. The second kappa shape index (κ2) is 45.6. The summed E-state index contributed by atoms with van der Waals surface area (Å²) in [5.74, 6) is 3.85. The first-order chi connectivity index (χ1) is 50.5. The van der Waals surface area contributed by atoms with E-state index in [1.807, 2.05) is 60.7 Å². The molecule has 0 bridgehead atoms. The maximum atomic E-state index is 9.63. The van der Waals surface area contributed by atoms with Crippen LogP contribution >= 0.6 is 71.0 Å². The standard InChI is InChI=1S/2C20H23BrN6O4.C14H17BrN4O2.2C6H7ClN2O2/c1-12(29)13(2)31-18-16(21)11-23-19(27-18)25-15-5-3-14(4-6-15)24-17-7-8-22-20(26-17)30-10-9-28;1-12(29)13(2)31-18-16(21)11-23-20(27-18)25-15-5-3-14(4-6-15)24-19-22-8-7-17(26-19)30-10-9-28;1-8(20)9(2)21-13-12(15)7-17-14(19-13)18-11-5-3-10(16)4-6-11;7-6-8-2-1-5(9-6)11-4-3-10;7-5-1-2-8-6(9-5)11-4-3-10/h2*3-8,11-13,28-29H,9-10H2,1-2H3,(H,22,24,26)(H,23,25,27);3-9,20H,16H2,1-2H3,(H,17,18,19);2*1-2,10H,3-4H2/t2*12-,13-;8-,9-;;/m111../s1. The smallest absolute Gasteiger partial charge is 0.318 e. The van der Waals surface area contributed by atoms with Crippen molar-refractivity contribution in [3.8, 4) is 41.4 Å². The monoisotopic (exact) mass is 1680 g/mol. The lowest BCUT2D eigenvalue weighted by atomic mass is 10.2. The molecular formula is C66H77Br3Cl2N20O14. The molecule has 14 N–H and O–H groups in total. The van der Waals surface area contributed by atoms with Gasteiger partial charge < -0.3 is 101 Å². The Morgan fingerprint density at radius 1 is 0.381 bits per heavy atom. The topological polar surface area (TPSA) is 473 Å². The van der Waals surface area contributed by atoms with Crippen LogP contribution < -0.4 is 65.5 Å². The number of nitrogens with two attached hydrogens (primary N) is 1. The molecule has 0 unspecified atom stereocenters. The molecule has 0 aliphatic rings. The van der Waals surface area contributed by atoms with Crippen LogP contribution in [-0.4, -0.2) is 195 Å². The van der Waals surface area contributed by atoms with Crippen molar-refractivity contribution >= 4 is 135 Å². The van der Waals surface area contributed by atoms with Crippen molar-refractivity contribution in [3.63, 3.8) is 0 Å². The predicted octanol–water partition coefficient (Wildman–Crippen LogP) is 9.79. The minimum atomic E-state index is -0.635. The summed E-state index contributed by atoms with van der Waals surface area (Å²) in [6.45, 7) is 10.7. The maximum absolute atomic E-state index is 9.63. The van der Waals surface area contributed by atoms with Gasteiger partial charge in [0.15, 0.2) is 0 Å². The van der Waals surface area contributed by atoms with Crippen LogP contribution in [0.3, 0.4) is 0 Å². The summed E-state index contributed by atoms with van der Waals surface area (Å²) >= 11 is 21.0. The van der Waals surface area contributed by atoms with E-state index in [9.17, 15) is 15.3 Å². The molecule has 7 heterocycles. The van der Waals surface area contributed by atoms with Gasteiger partial charge in [0, 0.05) is 71.0 Å². The first kappa shape index (κ1) is 84.3. The normalized spacial score (nSPS) is 12.2. The van der Waals surface area contributed by atoms with E-state index >= 15 is 0 Å². The lowest BCUT2D eigenvalue weighted by Gasteiger charge is -2.17. The zero-order valence-corrected chi connectivity index (χ0v) is 63.4. The molecule has 0 aliphatic heterocycles. The molecule has 0 saturated heterocycles. The van der Waals surface area contributed by atoms with Crippen molar-refractivity contribution in [3.05, 3.63) is 164 Å². The molecule has 10 rings (SSSR count). The number of nitrogens with zero attached hydrogens (tertiary/aromatic N) is 14. The highest BCUT2D eigenvalue weighted by Gasteiger charge is 2.18. The van der Waals surface area contributed by atoms with Gasteiger partial charge in [0.05, 0.1) is 76.7 Å². The first-order valence-corrected chi connectivity index (χ1v) is 34.7. The van der Waals surface area contributed by atoms with E-state index < -0.39 is 30.5 Å². The Labute approximate surface area is 638 Å². The molecule has 105 heavy (non-hydrogen) atoms. The van der Waals surface area contributed by atoms with Gasteiger partial charge in [-0.3, -0.25) is 0 Å². The zero-order valence-electron chi connectivity index (χ0n) is 57.1. The van der Waals surface area contributed by atoms with Crippen molar-refractivity contribution in [1.29, 1.82) is 0 Å². The van der Waals surface area contributed by atoms with Crippen LogP contribution in [0.2, 0.25) is 10.4 Å². The summed E-state index contributed by atoms with van der Waals surface area (Å²) in [4.78, 5) is 57.1. The predicted molar refractivity (Wildman–Crippen MR) is 403 cm³/mol. The molecule has 0 amide bonds. The number of nitrogens with one attached hydrogen (secondary N) is 5. The Morgan fingerprint density at radius 3 is 1.10 bits per heavy atom. The van der Waals surface area contributed by atoms with E-state index in [-0.39, 0.29) is 76.3 Å². The van der Waals surface area contributed by atoms with E-state index in [0.717, 1.165) is 28.4 Å². The number of nitrogen functional groups attached to an aromatic ring is 1. The third-order valence-corrected chi connectivity index (χ3v) is 14.9. The van der Waals surface area contributed by atoms with Gasteiger partial charge in [-0.2, -0.15) is 34.9 Å². The van der Waals surface area contributed by atoms with E-state index in [4.69, 9.17) is 82.5 Å². The fourth-order valence-corrected chi connectivity index (χ4v) is 8.26. The Bertz CT molecular complexity index is 3980. The highest BCUT2D eigenvalue weighted by Crippen LogP contribution is 2.30. The molecule has 560 valence electrons. The Hall–Kier alpha value is -9.64. The number of halogens is 5. The number of aliphatic hydroxyl groups excluding tert-OH is 7. The minimum absolute atomic E-state index is 0.0401. The number of hydrogen-bond acceptors (Lipinski definition) is 34. The number of hydrogen-bond donors (Lipinski definition) is 13. The average molecular weight is 1690 g/mol. The number of ether oxygens (including phenoxy) is 7. The summed E-state index contributed by atoms with van der Waals surface area (Å²) in [7, 11) is 0. The second-order valence-corrected chi connectivity index (χ2v) is 24.5. The van der Waals surface area contributed by atoms with E-state index in [1.54, 1.807) is 109 Å². The molecule has 0 spiro atoms. The Balaban J connectivity index is 0.000000218. The highest BCUT2D eigenvalue weighted by atomic mass is 79.9. The number of rotatable bonds is 31. The van der Waals surface area contributed by atoms with Crippen LogP contribution in [0.5, 0.6) is 41.4 Å². The molecular weight excluding hydrogens is 1610 g/mol. The fraction of sp³-hybridized carbons (Fsp3) is 0.303. The minimum Gasteiger partial charge on any atom is -0.475 e. The molecule has 7 aromatic heterocycles. The molecule has 39 heteroatoms. The van der Waals surface area contributed by atoms with Crippen molar-refractivity contribution in [2.75, 3.05) is 85.2 Å². The van der Waals surface area contributed by atoms with Crippen LogP contribution in [-0.2, 0) is 0 Å². The number of anilines is 11. The number of aliphatic hydroxyl groups is 7. The van der Waals surface area contributed by atoms with Gasteiger partial charge in [0.25, 0.3) is 0 Å². The van der Waals surface area contributed by atoms with E-state index in [1.165, 1.54) is 12.4 Å². The fourth-order valence-electron chi connectivity index (χ4n) is 7.14. The second-order valence-electron chi connectivity index (χ2n) is 21.2. The van der Waals surface area contributed by atoms with E-state index in [0.29, 0.717) is 83.3 Å². The van der Waals surface area contributed by atoms with Crippen LogP contribution in [0.15, 0.2) is 154 Å². The van der Waals surface area contributed by atoms with Gasteiger partial charge in [-0.25, -0.2) is 34.9 Å². The van der Waals surface area contributed by atoms with Gasteiger partial charge in [-0.15, -0.1) is 0 Å². The average Bonchev–Trinajstić information content (AvgIpc) is 0.851. The zero-order chi connectivity index (χ0) is 76.0. The first-order valence-electron chi connectivity index (χ1n) is 31.6. The summed E-state index contributed by atoms with van der Waals surface area (Å²) in [5, 5.41) is 79.2. The summed E-state index contributed by atoms with van der Waals surface area (Å²) in [6, 6.07) is 28.9. The van der Waals surface area contributed by atoms with Crippen LogP contribution in [0.25, 0.3) is 0 Å². The van der Waals surface area contributed by atoms with E-state index in [2.05, 4.69) is 144 Å². The van der Waals surface area contributed by atoms with Gasteiger partial charge >= 0.3 is 12.0 Å². The van der Waals surface area contributed by atoms with Gasteiger partial charge in [-0.05, 0) is 186 Å². The molecule has 3 aromatic carbocycles. The highest BCUT2D eigenvalue weighted by molar-refractivity contribution is 9.11. The molecule has 34 nitrogen and oxygen atoms in total. The van der Waals surface area contributed by atoms with Crippen LogP contribution in [0, 0.1) is 0 Å². The van der Waals surface area contributed by atoms with Crippen LogP contribution in [0.4, 0.5) is 63.7 Å². The Kier molecular flexibility index (Phi) is 36.6. The van der Waals surface area contributed by atoms with Gasteiger partial charge in [0.1, 0.15) is 55.7 Å². The quantitative estimate of drug-likeness (QED) is 0.0109. The van der Waals surface area contributed by atoms with Crippen molar-refractivity contribution in [1.82, 2.24) is 69.8 Å². The molecule has 0 saturated carbocycles. The lowest BCUT2D eigenvalue weighted by Crippen LogP contribution is -2.26. The third-order valence-electron chi connectivity index (χ3n) is 12.8. The summed E-state index contributed by atoms with van der Waals surface area (Å²) in [5.41, 5.74) is 10.3. The summed E-state index contributed by atoms with van der Waals surface area (Å²) in [6.07, 6.45) is 7.80. The summed E-state index contributed by atoms with van der Waals surface area (Å²) < 4.78 is 39.1. The van der Waals surface area contributed by atoms with Crippen molar-refractivity contribution in [2.24, 2.45) is 0 Å². The van der Waals surface area contributed by atoms with Gasteiger partial charge in [-0.1, -0.05) is 11.6 Å². The molecule has 0 aliphatic carbocycles. The van der Waals surface area contributed by atoms with Crippen LogP contribution in [0.1, 0.15) is 41.5 Å². The SMILES string of the molecule is C[C@@H](O)[C@@H](C)Oc1nc(Nc2ccc(N)cc2)ncc1Br.C[C@@H](O)[C@@H](C)Oc1nc(Nc2ccc(Nc3ccnc(OCCO)n3)cc2)ncc1Br.C[C@@H](O)[C@@H](C)Oc1nc(Nc2ccc(Nc3nccc(OCCO)n3)cc2)ncc1Br.OCCOc1ccnc(Cl)n1.OCCOc1nccc(Cl)n1. The van der Waals surface area contributed by atoms with Gasteiger partial charge in [0.2, 0.25) is 58.5 Å².